The highest BCUT2D eigenvalue weighted by atomic mass is 32.1. The zero-order valence-corrected chi connectivity index (χ0v) is 10.7. The number of benzene rings is 1. The maximum Gasteiger partial charge on any atom is 0.122 e. The van der Waals surface area contributed by atoms with Crippen molar-refractivity contribution in [1.82, 2.24) is 0 Å². The van der Waals surface area contributed by atoms with Crippen molar-refractivity contribution in [2.45, 2.75) is 18.8 Å². The fraction of sp³-hybridized carbons (Fsp3) is 0.538. The molecule has 0 radical (unpaired) electrons. The van der Waals surface area contributed by atoms with Gasteiger partial charge in [0.05, 0.1) is 25.7 Å². The number of methoxy groups -OCH3 is 1. The molecule has 1 fully saturated rings. The molecule has 0 bridgehead atoms. The fourth-order valence-electron chi connectivity index (χ4n) is 2.07. The molecule has 1 aromatic rings. The Morgan fingerprint density at radius 1 is 1.44 bits per heavy atom. The first-order valence-corrected chi connectivity index (χ1v) is 6.25. The molecule has 0 atom stereocenters. The van der Waals surface area contributed by atoms with Crippen molar-refractivity contribution in [1.29, 1.82) is 0 Å². The lowest BCUT2D eigenvalue weighted by Gasteiger charge is -2.41. The summed E-state index contributed by atoms with van der Waals surface area (Å²) in [5.41, 5.74) is 2.64. The third kappa shape index (κ3) is 1.82. The summed E-state index contributed by atoms with van der Waals surface area (Å²) >= 11 is 4.46. The minimum atomic E-state index is 0.0552. The van der Waals surface area contributed by atoms with Crippen molar-refractivity contribution in [2.24, 2.45) is 0 Å². The van der Waals surface area contributed by atoms with E-state index in [2.05, 4.69) is 37.8 Å². The van der Waals surface area contributed by atoms with E-state index >= 15 is 0 Å². The second-order valence-electron chi connectivity index (χ2n) is 4.32. The first-order chi connectivity index (χ1) is 7.75. The van der Waals surface area contributed by atoms with Crippen molar-refractivity contribution < 1.29 is 9.47 Å². The number of aryl methyl sites for hydroxylation is 1. The molecule has 0 N–H and O–H groups in total. The summed E-state index contributed by atoms with van der Waals surface area (Å²) in [6.45, 7) is 3.66. The SMILES string of the molecule is CCc1ccc(OC)c(C2(CS)COC2)c1. The molecule has 1 aliphatic heterocycles. The number of hydrogen-bond donors (Lipinski definition) is 1. The Kier molecular flexibility index (Phi) is 3.45. The highest BCUT2D eigenvalue weighted by Gasteiger charge is 2.41. The first kappa shape index (κ1) is 11.8. The molecule has 3 heteroatoms. The molecule has 0 spiro atoms. The van der Waals surface area contributed by atoms with E-state index in [1.54, 1.807) is 7.11 Å². The van der Waals surface area contributed by atoms with Crippen LogP contribution in [0.3, 0.4) is 0 Å². The summed E-state index contributed by atoms with van der Waals surface area (Å²) < 4.78 is 10.8. The molecule has 1 saturated heterocycles. The standard InChI is InChI=1S/C13H18O2S/c1-3-10-4-5-12(14-2)11(6-10)13(9-16)7-15-8-13/h4-6,16H,3,7-9H2,1-2H3. The Morgan fingerprint density at radius 2 is 2.19 bits per heavy atom. The largest absolute Gasteiger partial charge is 0.496 e. The predicted octanol–water partition coefficient (Wildman–Crippen LogP) is 2.46. The van der Waals surface area contributed by atoms with Gasteiger partial charge >= 0.3 is 0 Å². The van der Waals surface area contributed by atoms with Crippen molar-refractivity contribution in [3.63, 3.8) is 0 Å². The molecule has 1 aliphatic rings. The van der Waals surface area contributed by atoms with E-state index < -0.39 is 0 Å². The molecule has 2 nitrogen and oxygen atoms in total. The fourth-order valence-corrected chi connectivity index (χ4v) is 2.42. The maximum atomic E-state index is 5.44. The van der Waals surface area contributed by atoms with Crippen LogP contribution in [0.5, 0.6) is 5.75 Å². The van der Waals surface area contributed by atoms with Gasteiger partial charge in [0, 0.05) is 11.3 Å². The van der Waals surface area contributed by atoms with E-state index in [0.29, 0.717) is 0 Å². The monoisotopic (exact) mass is 238 g/mol. The quantitative estimate of drug-likeness (QED) is 0.812. The summed E-state index contributed by atoms with van der Waals surface area (Å²) in [5, 5.41) is 0. The Labute approximate surface area is 102 Å². The van der Waals surface area contributed by atoms with Crippen LogP contribution in [0.1, 0.15) is 18.1 Å². The molecule has 0 saturated carbocycles. The lowest BCUT2D eigenvalue weighted by atomic mass is 9.79. The zero-order valence-electron chi connectivity index (χ0n) is 9.82. The number of hydrogen-bond acceptors (Lipinski definition) is 3. The molecule has 2 rings (SSSR count). The third-order valence-electron chi connectivity index (χ3n) is 3.30. The minimum absolute atomic E-state index is 0.0552. The molecular formula is C13H18O2S. The van der Waals surface area contributed by atoms with Gasteiger partial charge in [-0.25, -0.2) is 0 Å². The Balaban J connectivity index is 2.43. The van der Waals surface area contributed by atoms with Crippen LogP contribution in [0.15, 0.2) is 18.2 Å². The highest BCUT2D eigenvalue weighted by Crippen LogP contribution is 2.39. The molecule has 16 heavy (non-hydrogen) atoms. The van der Waals surface area contributed by atoms with Crippen LogP contribution >= 0.6 is 12.6 Å². The van der Waals surface area contributed by atoms with Crippen molar-refractivity contribution in [3.8, 4) is 5.75 Å². The van der Waals surface area contributed by atoms with Crippen LogP contribution in [0.25, 0.3) is 0 Å². The lowest BCUT2D eigenvalue weighted by Crippen LogP contribution is -2.48. The second kappa shape index (κ2) is 4.68. The van der Waals surface area contributed by atoms with Gasteiger partial charge in [-0.3, -0.25) is 0 Å². The maximum absolute atomic E-state index is 5.44. The second-order valence-corrected chi connectivity index (χ2v) is 4.64. The molecule has 0 aliphatic carbocycles. The first-order valence-electron chi connectivity index (χ1n) is 5.62. The van der Waals surface area contributed by atoms with E-state index in [1.165, 1.54) is 11.1 Å². The third-order valence-corrected chi connectivity index (χ3v) is 3.91. The van der Waals surface area contributed by atoms with Crippen LogP contribution < -0.4 is 4.74 Å². The van der Waals surface area contributed by atoms with Crippen LogP contribution in [-0.2, 0) is 16.6 Å². The number of thiol groups is 1. The Hall–Kier alpha value is -0.670. The van der Waals surface area contributed by atoms with Gasteiger partial charge in [0.1, 0.15) is 5.75 Å². The molecule has 88 valence electrons. The van der Waals surface area contributed by atoms with Gasteiger partial charge in [0.15, 0.2) is 0 Å². The summed E-state index contributed by atoms with van der Waals surface area (Å²) in [6.07, 6.45) is 1.04. The molecule has 1 aromatic carbocycles. The average molecular weight is 238 g/mol. The summed E-state index contributed by atoms with van der Waals surface area (Å²) in [7, 11) is 1.72. The smallest absolute Gasteiger partial charge is 0.122 e. The summed E-state index contributed by atoms with van der Waals surface area (Å²) in [6, 6.07) is 6.41. The van der Waals surface area contributed by atoms with Gasteiger partial charge in [-0.05, 0) is 18.1 Å². The van der Waals surface area contributed by atoms with Gasteiger partial charge in [-0.15, -0.1) is 0 Å². The van der Waals surface area contributed by atoms with E-state index in [-0.39, 0.29) is 5.41 Å². The van der Waals surface area contributed by atoms with Gasteiger partial charge in [0.25, 0.3) is 0 Å². The number of rotatable bonds is 4. The Morgan fingerprint density at radius 3 is 2.62 bits per heavy atom. The predicted molar refractivity (Wildman–Crippen MR) is 68.7 cm³/mol. The minimum Gasteiger partial charge on any atom is -0.496 e. The van der Waals surface area contributed by atoms with Crippen LogP contribution in [0, 0.1) is 0 Å². The summed E-state index contributed by atoms with van der Waals surface area (Å²) in [4.78, 5) is 0. The van der Waals surface area contributed by atoms with Crippen molar-refractivity contribution in [3.05, 3.63) is 29.3 Å². The van der Waals surface area contributed by atoms with E-state index in [9.17, 15) is 0 Å². The van der Waals surface area contributed by atoms with Crippen molar-refractivity contribution >= 4 is 12.6 Å². The molecular weight excluding hydrogens is 220 g/mol. The van der Waals surface area contributed by atoms with E-state index in [1.807, 2.05) is 0 Å². The molecule has 0 aromatic heterocycles. The summed E-state index contributed by atoms with van der Waals surface area (Å²) in [5.74, 6) is 1.76. The van der Waals surface area contributed by atoms with Gasteiger partial charge in [0.2, 0.25) is 0 Å². The van der Waals surface area contributed by atoms with E-state index in [4.69, 9.17) is 9.47 Å². The molecule has 1 heterocycles. The van der Waals surface area contributed by atoms with Gasteiger partial charge < -0.3 is 9.47 Å². The molecule has 0 unspecified atom stereocenters. The van der Waals surface area contributed by atoms with Crippen LogP contribution in [0.2, 0.25) is 0 Å². The van der Waals surface area contributed by atoms with E-state index in [0.717, 1.165) is 31.1 Å². The topological polar surface area (TPSA) is 18.5 Å². The lowest BCUT2D eigenvalue weighted by molar-refractivity contribution is -0.0480. The van der Waals surface area contributed by atoms with Crippen LogP contribution in [-0.4, -0.2) is 26.1 Å². The zero-order chi connectivity index (χ0) is 11.6. The highest BCUT2D eigenvalue weighted by molar-refractivity contribution is 7.80. The van der Waals surface area contributed by atoms with Crippen molar-refractivity contribution in [2.75, 3.05) is 26.1 Å². The normalized spacial score (nSPS) is 17.9. The van der Waals surface area contributed by atoms with Gasteiger partial charge in [-0.2, -0.15) is 12.6 Å². The number of ether oxygens (including phenoxy) is 2. The Bertz CT molecular complexity index is 367. The molecule has 0 amide bonds. The average Bonchev–Trinajstić information content (AvgIpc) is 2.28. The van der Waals surface area contributed by atoms with Crippen LogP contribution in [0.4, 0.5) is 0 Å². The van der Waals surface area contributed by atoms with Gasteiger partial charge in [-0.1, -0.05) is 19.1 Å².